The molecule has 1 aliphatic heterocycles. The van der Waals surface area contributed by atoms with Crippen LogP contribution in [0.4, 0.5) is 4.79 Å². The molecule has 1 aromatic rings. The molecule has 1 amide bonds. The van der Waals surface area contributed by atoms with E-state index in [4.69, 9.17) is 16.3 Å². The number of hydrogen-bond donors (Lipinski definition) is 2. The van der Waals surface area contributed by atoms with Crippen molar-refractivity contribution in [1.29, 1.82) is 0 Å². The quantitative estimate of drug-likeness (QED) is 0.850. The summed E-state index contributed by atoms with van der Waals surface area (Å²) >= 11 is 5.94. The second-order valence-electron chi connectivity index (χ2n) is 4.16. The van der Waals surface area contributed by atoms with Gasteiger partial charge in [-0.3, -0.25) is 0 Å². The van der Waals surface area contributed by atoms with Crippen LogP contribution in [0.25, 0.3) is 0 Å². The van der Waals surface area contributed by atoms with Crippen molar-refractivity contribution in [2.45, 2.75) is 19.4 Å². The minimum atomic E-state index is -0.453. The fourth-order valence-electron chi connectivity index (χ4n) is 1.76. The van der Waals surface area contributed by atoms with Crippen LogP contribution >= 0.6 is 11.6 Å². The monoisotopic (exact) mass is 254 g/mol. The van der Waals surface area contributed by atoms with Gasteiger partial charge in [0.2, 0.25) is 0 Å². The van der Waals surface area contributed by atoms with Crippen molar-refractivity contribution < 1.29 is 9.53 Å². The van der Waals surface area contributed by atoms with Gasteiger partial charge in [-0.05, 0) is 37.6 Å². The van der Waals surface area contributed by atoms with Crippen molar-refractivity contribution in [2.24, 2.45) is 0 Å². The van der Waals surface area contributed by atoms with Gasteiger partial charge in [-0.15, -0.1) is 0 Å². The normalized spacial score (nSPS) is 19.1. The molecule has 1 atom stereocenters. The van der Waals surface area contributed by atoms with Crippen LogP contribution in [0.1, 0.15) is 12.0 Å². The molecule has 1 saturated heterocycles. The molecule has 1 aromatic carbocycles. The standard InChI is InChI=1S/C12H15ClN2O2/c1-8-2-3-10(13)11(6-8)17-12(16)15-9-4-5-14-7-9/h2-3,6,9,14H,4-5,7H2,1H3,(H,15,16). The average molecular weight is 255 g/mol. The van der Waals surface area contributed by atoms with Crippen molar-refractivity contribution in [3.8, 4) is 5.75 Å². The highest BCUT2D eigenvalue weighted by Gasteiger charge is 2.18. The van der Waals surface area contributed by atoms with E-state index in [0.29, 0.717) is 10.8 Å². The Morgan fingerprint density at radius 2 is 2.41 bits per heavy atom. The summed E-state index contributed by atoms with van der Waals surface area (Å²) in [5.41, 5.74) is 1.000. The van der Waals surface area contributed by atoms with Gasteiger partial charge in [-0.25, -0.2) is 4.79 Å². The lowest BCUT2D eigenvalue weighted by Crippen LogP contribution is -2.38. The second kappa shape index (κ2) is 5.38. The topological polar surface area (TPSA) is 50.4 Å². The molecule has 5 heteroatoms. The third-order valence-corrected chi connectivity index (χ3v) is 2.98. The zero-order chi connectivity index (χ0) is 12.3. The zero-order valence-corrected chi connectivity index (χ0v) is 10.4. The number of carbonyl (C=O) groups is 1. The van der Waals surface area contributed by atoms with Gasteiger partial charge in [0.05, 0.1) is 5.02 Å². The molecule has 2 N–H and O–H groups in total. The van der Waals surface area contributed by atoms with E-state index in [0.717, 1.165) is 25.1 Å². The van der Waals surface area contributed by atoms with Crippen LogP contribution < -0.4 is 15.4 Å². The van der Waals surface area contributed by atoms with Crippen molar-refractivity contribution in [3.05, 3.63) is 28.8 Å². The predicted octanol–water partition coefficient (Wildman–Crippen LogP) is 2.10. The number of aryl methyl sites for hydroxylation is 1. The molecule has 1 fully saturated rings. The molecule has 17 heavy (non-hydrogen) atoms. The van der Waals surface area contributed by atoms with E-state index in [-0.39, 0.29) is 6.04 Å². The van der Waals surface area contributed by atoms with Crippen molar-refractivity contribution in [2.75, 3.05) is 13.1 Å². The Labute approximate surface area is 105 Å². The first-order chi connectivity index (χ1) is 8.15. The maximum absolute atomic E-state index is 11.6. The lowest BCUT2D eigenvalue weighted by Gasteiger charge is -2.12. The van der Waals surface area contributed by atoms with Gasteiger partial charge in [-0.2, -0.15) is 0 Å². The van der Waals surface area contributed by atoms with Crippen LogP contribution in [0, 0.1) is 6.92 Å². The Balaban J connectivity index is 1.95. The summed E-state index contributed by atoms with van der Waals surface area (Å²) in [5.74, 6) is 0.398. The SMILES string of the molecule is Cc1ccc(Cl)c(OC(=O)NC2CCNC2)c1. The van der Waals surface area contributed by atoms with Gasteiger partial charge in [-0.1, -0.05) is 17.7 Å². The molecule has 1 aliphatic rings. The summed E-state index contributed by atoms with van der Waals surface area (Å²) in [5, 5.41) is 6.40. The number of benzene rings is 1. The molecule has 4 nitrogen and oxygen atoms in total. The van der Waals surface area contributed by atoms with E-state index in [1.165, 1.54) is 0 Å². The summed E-state index contributed by atoms with van der Waals surface area (Å²) in [6.07, 6.45) is 0.475. The molecule has 0 spiro atoms. The van der Waals surface area contributed by atoms with E-state index >= 15 is 0 Å². The van der Waals surface area contributed by atoms with Gasteiger partial charge < -0.3 is 15.4 Å². The van der Waals surface area contributed by atoms with Gasteiger partial charge in [0, 0.05) is 12.6 Å². The lowest BCUT2D eigenvalue weighted by molar-refractivity contribution is 0.197. The first-order valence-electron chi connectivity index (χ1n) is 5.60. The Hall–Kier alpha value is -1.26. The Morgan fingerprint density at radius 3 is 3.12 bits per heavy atom. The van der Waals surface area contributed by atoms with E-state index in [9.17, 15) is 4.79 Å². The van der Waals surface area contributed by atoms with E-state index in [2.05, 4.69) is 10.6 Å². The van der Waals surface area contributed by atoms with Gasteiger partial charge in [0.1, 0.15) is 0 Å². The van der Waals surface area contributed by atoms with Crippen LogP contribution in [0.5, 0.6) is 5.75 Å². The molecule has 0 bridgehead atoms. The Kier molecular flexibility index (Phi) is 3.86. The maximum Gasteiger partial charge on any atom is 0.412 e. The third kappa shape index (κ3) is 3.35. The number of hydrogen-bond acceptors (Lipinski definition) is 3. The molecular formula is C12H15ClN2O2. The highest BCUT2D eigenvalue weighted by molar-refractivity contribution is 6.32. The van der Waals surface area contributed by atoms with Crippen LogP contribution in [-0.2, 0) is 0 Å². The highest BCUT2D eigenvalue weighted by atomic mass is 35.5. The molecule has 0 aromatic heterocycles. The summed E-state index contributed by atoms with van der Waals surface area (Å²) in [6.45, 7) is 3.63. The third-order valence-electron chi connectivity index (χ3n) is 2.67. The number of nitrogens with one attached hydrogen (secondary N) is 2. The fraction of sp³-hybridized carbons (Fsp3) is 0.417. The molecule has 0 saturated carbocycles. The number of ether oxygens (including phenoxy) is 1. The summed E-state index contributed by atoms with van der Waals surface area (Å²) in [6, 6.07) is 5.48. The van der Waals surface area contributed by atoms with Crippen LogP contribution in [0.15, 0.2) is 18.2 Å². The predicted molar refractivity (Wildman–Crippen MR) is 66.6 cm³/mol. The van der Waals surface area contributed by atoms with Crippen molar-refractivity contribution in [1.82, 2.24) is 10.6 Å². The second-order valence-corrected chi connectivity index (χ2v) is 4.56. The van der Waals surface area contributed by atoms with Gasteiger partial charge in [0.25, 0.3) is 0 Å². The lowest BCUT2D eigenvalue weighted by atomic mass is 10.2. The fourth-order valence-corrected chi connectivity index (χ4v) is 1.92. The number of rotatable bonds is 2. The molecule has 1 heterocycles. The van der Waals surface area contributed by atoms with Crippen LogP contribution in [-0.4, -0.2) is 25.2 Å². The van der Waals surface area contributed by atoms with Gasteiger partial charge >= 0.3 is 6.09 Å². The molecular weight excluding hydrogens is 240 g/mol. The maximum atomic E-state index is 11.6. The molecule has 1 unspecified atom stereocenters. The largest absolute Gasteiger partial charge is 0.412 e. The van der Waals surface area contributed by atoms with Gasteiger partial charge in [0.15, 0.2) is 5.75 Å². The van der Waals surface area contributed by atoms with E-state index < -0.39 is 6.09 Å². The average Bonchev–Trinajstić information content (AvgIpc) is 2.76. The minimum absolute atomic E-state index is 0.145. The summed E-state index contributed by atoms with van der Waals surface area (Å²) < 4.78 is 5.18. The zero-order valence-electron chi connectivity index (χ0n) is 9.63. The molecule has 0 aliphatic carbocycles. The number of halogens is 1. The number of amides is 1. The molecule has 2 rings (SSSR count). The minimum Gasteiger partial charge on any atom is -0.409 e. The molecule has 0 radical (unpaired) electrons. The summed E-state index contributed by atoms with van der Waals surface area (Å²) in [7, 11) is 0. The Morgan fingerprint density at radius 1 is 1.59 bits per heavy atom. The summed E-state index contributed by atoms with van der Waals surface area (Å²) in [4.78, 5) is 11.6. The molecule has 92 valence electrons. The van der Waals surface area contributed by atoms with Crippen LogP contribution in [0.2, 0.25) is 5.02 Å². The highest BCUT2D eigenvalue weighted by Crippen LogP contribution is 2.25. The van der Waals surface area contributed by atoms with Crippen molar-refractivity contribution >= 4 is 17.7 Å². The first kappa shape index (κ1) is 12.2. The Bertz CT molecular complexity index is 417. The number of carbonyl (C=O) groups excluding carboxylic acids is 1. The van der Waals surface area contributed by atoms with Crippen LogP contribution in [0.3, 0.4) is 0 Å². The smallest absolute Gasteiger partial charge is 0.409 e. The first-order valence-corrected chi connectivity index (χ1v) is 5.98. The van der Waals surface area contributed by atoms with E-state index in [1.807, 2.05) is 13.0 Å². The van der Waals surface area contributed by atoms with E-state index in [1.54, 1.807) is 12.1 Å². The van der Waals surface area contributed by atoms with Crippen molar-refractivity contribution in [3.63, 3.8) is 0 Å².